The van der Waals surface area contributed by atoms with Crippen molar-refractivity contribution in [2.45, 2.75) is 45.7 Å². The van der Waals surface area contributed by atoms with Gasteiger partial charge >= 0.3 is 0 Å². The van der Waals surface area contributed by atoms with Gasteiger partial charge in [-0.05, 0) is 42.3 Å². The van der Waals surface area contributed by atoms with E-state index in [9.17, 15) is 14.4 Å². The number of hydrogen-bond donors (Lipinski definition) is 0. The average molecular weight is 506 g/mol. The number of nitrogens with zero attached hydrogens (tertiary/aromatic N) is 1. The van der Waals surface area contributed by atoms with Crippen LogP contribution in [0.1, 0.15) is 64.1 Å². The first-order valence-electron chi connectivity index (χ1n) is 13.0. The number of carbonyl (C=O) groups is 3. The van der Waals surface area contributed by atoms with Crippen LogP contribution in [0, 0.1) is 17.8 Å². The molecule has 3 aliphatic rings. The Hall–Kier alpha value is -3.99. The first-order chi connectivity index (χ1) is 18.1. The highest BCUT2D eigenvalue weighted by Crippen LogP contribution is 2.61. The molecule has 0 radical (unpaired) electrons. The van der Waals surface area contributed by atoms with E-state index < -0.39 is 28.8 Å². The molecule has 5 nitrogen and oxygen atoms in total. The highest BCUT2D eigenvalue weighted by molar-refractivity contribution is 6.32. The molecule has 0 N–H and O–H groups in total. The molecule has 3 aromatic rings. The molecule has 6 rings (SSSR count). The fourth-order valence-electron chi connectivity index (χ4n) is 6.75. The van der Waals surface area contributed by atoms with Crippen LogP contribution in [0.15, 0.2) is 72.8 Å². The van der Waals surface area contributed by atoms with Crippen molar-refractivity contribution in [1.29, 1.82) is 0 Å². The van der Waals surface area contributed by atoms with Gasteiger partial charge in [-0.25, -0.2) is 0 Å². The second-order valence-electron chi connectivity index (χ2n) is 11.7. The van der Waals surface area contributed by atoms with E-state index in [-0.39, 0.29) is 17.3 Å². The van der Waals surface area contributed by atoms with E-state index in [1.54, 1.807) is 31.4 Å². The summed E-state index contributed by atoms with van der Waals surface area (Å²) in [6.45, 7) is 7.74. The van der Waals surface area contributed by atoms with Crippen molar-refractivity contribution in [3.63, 3.8) is 0 Å². The number of Topliss-reactive ketones (excluding diaryl/α,β-unsaturated/α-hetero) is 3. The summed E-state index contributed by atoms with van der Waals surface area (Å²) in [4.78, 5) is 45.7. The fourth-order valence-corrected chi connectivity index (χ4v) is 6.75. The Labute approximate surface area is 223 Å². The van der Waals surface area contributed by atoms with Gasteiger partial charge in [0.15, 0.2) is 17.3 Å². The quantitative estimate of drug-likeness (QED) is 0.406. The van der Waals surface area contributed by atoms with Gasteiger partial charge in [0.05, 0.1) is 19.2 Å². The van der Waals surface area contributed by atoms with Gasteiger partial charge in [-0.15, -0.1) is 0 Å². The Morgan fingerprint density at radius 2 is 1.61 bits per heavy atom. The number of hydrogen-bond acceptors (Lipinski definition) is 5. The molecule has 3 atom stereocenters. The van der Waals surface area contributed by atoms with Gasteiger partial charge < -0.3 is 9.64 Å². The minimum absolute atomic E-state index is 0.00873. The van der Waals surface area contributed by atoms with Crippen molar-refractivity contribution in [3.05, 3.63) is 101 Å². The van der Waals surface area contributed by atoms with Crippen molar-refractivity contribution < 1.29 is 19.1 Å². The van der Waals surface area contributed by atoms with E-state index in [0.29, 0.717) is 16.9 Å². The topological polar surface area (TPSA) is 63.7 Å². The molecule has 2 heterocycles. The number of methoxy groups -OCH3 is 1. The summed E-state index contributed by atoms with van der Waals surface area (Å²) in [5.74, 6) is -0.536. The number of anilines is 1. The van der Waals surface area contributed by atoms with Crippen LogP contribution in [0.5, 0.6) is 5.75 Å². The lowest BCUT2D eigenvalue weighted by Gasteiger charge is -2.38. The highest BCUT2D eigenvalue weighted by Gasteiger charge is 2.71. The molecule has 38 heavy (non-hydrogen) atoms. The van der Waals surface area contributed by atoms with Gasteiger partial charge in [-0.2, -0.15) is 0 Å². The number of ketones is 3. The van der Waals surface area contributed by atoms with Crippen LogP contribution in [0.4, 0.5) is 5.69 Å². The summed E-state index contributed by atoms with van der Waals surface area (Å²) >= 11 is 0. The van der Waals surface area contributed by atoms with E-state index in [2.05, 4.69) is 11.0 Å². The molecular weight excluding hydrogens is 474 g/mol. The first kappa shape index (κ1) is 24.4. The molecule has 0 amide bonds. The molecular formula is C33H31NO4. The molecule has 0 saturated carbocycles. The van der Waals surface area contributed by atoms with Gasteiger partial charge in [-0.1, -0.05) is 81.0 Å². The van der Waals surface area contributed by atoms with Gasteiger partial charge in [0.2, 0.25) is 0 Å². The third-order valence-electron chi connectivity index (χ3n) is 8.42. The first-order valence-corrected chi connectivity index (χ1v) is 13.0. The summed E-state index contributed by atoms with van der Waals surface area (Å²) in [5, 5.41) is 0. The molecule has 1 fully saturated rings. The number of benzene rings is 3. The van der Waals surface area contributed by atoms with Crippen molar-refractivity contribution >= 4 is 29.1 Å². The average Bonchev–Trinajstić information content (AvgIpc) is 3.33. The normalized spacial score (nSPS) is 22.9. The lowest BCUT2D eigenvalue weighted by Crippen LogP contribution is -2.49. The van der Waals surface area contributed by atoms with Crippen molar-refractivity contribution in [1.82, 2.24) is 0 Å². The smallest absolute Gasteiger partial charge is 0.180 e. The summed E-state index contributed by atoms with van der Waals surface area (Å²) in [6, 6.07) is 19.3. The van der Waals surface area contributed by atoms with Crippen molar-refractivity contribution in [2.24, 2.45) is 10.8 Å². The molecule has 3 aromatic carbocycles. The Kier molecular flexibility index (Phi) is 5.29. The van der Waals surface area contributed by atoms with Crippen LogP contribution in [0.25, 0.3) is 6.08 Å². The molecule has 0 bridgehead atoms. The third kappa shape index (κ3) is 3.14. The standard InChI is InChI=1S/C33H31NO4/c1-19-13-15-25-20(17-19)14-16-26-33(29(35)23-11-6-7-12-24(23)30(33)36)27(21-9-8-10-22(18-21)38-5)28(34(25)26)31(37)32(2,3)4/h6-18,26-28H,1-5H3/t26-,27+,28-/m1/s1. The zero-order chi connectivity index (χ0) is 27.0. The molecule has 1 spiro atoms. The maximum atomic E-state index is 14.6. The van der Waals surface area contributed by atoms with Gasteiger partial charge in [0, 0.05) is 28.1 Å². The summed E-state index contributed by atoms with van der Waals surface area (Å²) in [7, 11) is 1.59. The molecule has 0 unspecified atom stereocenters. The summed E-state index contributed by atoms with van der Waals surface area (Å²) in [6.07, 6.45) is 3.97. The van der Waals surface area contributed by atoms with Crippen LogP contribution in [0.3, 0.4) is 0 Å². The van der Waals surface area contributed by atoms with E-state index >= 15 is 0 Å². The summed E-state index contributed by atoms with van der Waals surface area (Å²) < 4.78 is 5.55. The second kappa shape index (κ2) is 8.26. The molecule has 1 aliphatic carbocycles. The number of fused-ring (bicyclic) bond motifs is 5. The van der Waals surface area contributed by atoms with Gasteiger partial charge in [0.25, 0.3) is 0 Å². The Morgan fingerprint density at radius 1 is 0.921 bits per heavy atom. The minimum Gasteiger partial charge on any atom is -0.497 e. The Bertz CT molecular complexity index is 1510. The SMILES string of the molecule is COc1cccc([C@H]2[C@H](C(=O)C(C)(C)C)N3c4ccc(C)cc4C=C[C@@H]3C23C(=O)c2ccccc2C3=O)c1. The Balaban J connectivity index is 1.70. The van der Waals surface area contributed by atoms with Crippen LogP contribution >= 0.6 is 0 Å². The Morgan fingerprint density at radius 3 is 2.24 bits per heavy atom. The fraction of sp³-hybridized carbons (Fsp3) is 0.303. The molecule has 192 valence electrons. The predicted molar refractivity (Wildman–Crippen MR) is 148 cm³/mol. The van der Waals surface area contributed by atoms with E-state index in [1.807, 2.05) is 76.2 Å². The van der Waals surface area contributed by atoms with E-state index in [0.717, 1.165) is 22.4 Å². The predicted octanol–water partition coefficient (Wildman–Crippen LogP) is 6.05. The maximum Gasteiger partial charge on any atom is 0.180 e. The van der Waals surface area contributed by atoms with Crippen LogP contribution in [-0.2, 0) is 4.79 Å². The van der Waals surface area contributed by atoms with Crippen LogP contribution in [-0.4, -0.2) is 36.5 Å². The van der Waals surface area contributed by atoms with Crippen LogP contribution < -0.4 is 9.64 Å². The number of carbonyl (C=O) groups excluding carboxylic acids is 3. The lowest BCUT2D eigenvalue weighted by molar-refractivity contribution is -0.127. The third-order valence-corrected chi connectivity index (χ3v) is 8.42. The minimum atomic E-state index is -1.49. The number of ether oxygens (including phenoxy) is 1. The zero-order valence-electron chi connectivity index (χ0n) is 22.3. The van der Waals surface area contributed by atoms with Crippen molar-refractivity contribution in [2.75, 3.05) is 12.0 Å². The van der Waals surface area contributed by atoms with E-state index in [4.69, 9.17) is 4.74 Å². The lowest BCUT2D eigenvalue weighted by atomic mass is 9.63. The van der Waals surface area contributed by atoms with Crippen molar-refractivity contribution in [3.8, 4) is 5.75 Å². The van der Waals surface area contributed by atoms with E-state index in [1.165, 1.54) is 0 Å². The van der Waals surface area contributed by atoms with Crippen LogP contribution in [0.2, 0.25) is 0 Å². The number of rotatable bonds is 3. The molecule has 1 saturated heterocycles. The molecule has 0 aromatic heterocycles. The molecule has 2 aliphatic heterocycles. The number of aryl methyl sites for hydroxylation is 1. The maximum absolute atomic E-state index is 14.6. The highest BCUT2D eigenvalue weighted by atomic mass is 16.5. The summed E-state index contributed by atoms with van der Waals surface area (Å²) in [5.41, 5.74) is 2.36. The van der Waals surface area contributed by atoms with Gasteiger partial charge in [-0.3, -0.25) is 14.4 Å². The monoisotopic (exact) mass is 505 g/mol. The zero-order valence-corrected chi connectivity index (χ0v) is 22.3. The second-order valence-corrected chi connectivity index (χ2v) is 11.7. The molecule has 5 heteroatoms. The van der Waals surface area contributed by atoms with Gasteiger partial charge in [0.1, 0.15) is 11.2 Å². The largest absolute Gasteiger partial charge is 0.497 e.